The molecule has 2 unspecified atom stereocenters. The van der Waals surface area contributed by atoms with Gasteiger partial charge in [-0.05, 0) is 30.4 Å². The van der Waals surface area contributed by atoms with E-state index in [0.717, 1.165) is 23.7 Å². The number of carbonyl (C=O) groups excluding carboxylic acids is 1. The number of rotatable bonds is 5. The highest BCUT2D eigenvalue weighted by Gasteiger charge is 2.21. The van der Waals surface area contributed by atoms with E-state index in [1.807, 2.05) is 36.0 Å². The molecule has 0 spiro atoms. The summed E-state index contributed by atoms with van der Waals surface area (Å²) in [6.07, 6.45) is 2.59. The number of thioether (sulfide) groups is 1. The molecule has 136 valence electrons. The SMILES string of the molecule is O=C(NCC1COc2ccccc2O1)c1ccc(OC2CCSC2)nc1. The van der Waals surface area contributed by atoms with E-state index in [-0.39, 0.29) is 18.1 Å². The van der Waals surface area contributed by atoms with E-state index in [4.69, 9.17) is 14.2 Å². The number of hydrogen-bond donors (Lipinski definition) is 1. The number of hydrogen-bond acceptors (Lipinski definition) is 6. The van der Waals surface area contributed by atoms with Gasteiger partial charge in [0.2, 0.25) is 5.88 Å². The Balaban J connectivity index is 1.28. The Morgan fingerprint density at radius 2 is 2.15 bits per heavy atom. The minimum atomic E-state index is -0.218. The summed E-state index contributed by atoms with van der Waals surface area (Å²) in [6.45, 7) is 0.770. The standard InChI is InChI=1S/C19H20N2O4S/c22-19(13-5-6-18(20-9-13)25-14-7-8-26-12-14)21-10-15-11-23-16-3-1-2-4-17(16)24-15/h1-6,9,14-15H,7-8,10-12H2,(H,21,22). The smallest absolute Gasteiger partial charge is 0.252 e. The van der Waals surface area contributed by atoms with Gasteiger partial charge >= 0.3 is 0 Å². The van der Waals surface area contributed by atoms with Gasteiger partial charge in [0.15, 0.2) is 11.5 Å². The second kappa shape index (κ2) is 7.86. The van der Waals surface area contributed by atoms with Gasteiger partial charge in [-0.1, -0.05) is 12.1 Å². The van der Waals surface area contributed by atoms with Crippen LogP contribution in [0.15, 0.2) is 42.6 Å². The molecule has 1 fully saturated rings. The molecule has 3 heterocycles. The maximum atomic E-state index is 12.3. The molecule has 2 aliphatic heterocycles. The number of ether oxygens (including phenoxy) is 3. The van der Waals surface area contributed by atoms with Crippen LogP contribution in [0.3, 0.4) is 0 Å². The molecule has 2 atom stereocenters. The number of para-hydroxylation sites is 2. The number of amides is 1. The molecule has 4 rings (SSSR count). The van der Waals surface area contributed by atoms with E-state index in [2.05, 4.69) is 10.3 Å². The Hall–Kier alpha value is -2.41. The maximum absolute atomic E-state index is 12.3. The largest absolute Gasteiger partial charge is 0.486 e. The van der Waals surface area contributed by atoms with Crippen LogP contribution in [0.1, 0.15) is 16.8 Å². The molecular weight excluding hydrogens is 352 g/mol. The molecule has 26 heavy (non-hydrogen) atoms. The van der Waals surface area contributed by atoms with Crippen molar-refractivity contribution in [1.29, 1.82) is 0 Å². The van der Waals surface area contributed by atoms with Gasteiger partial charge in [-0.15, -0.1) is 0 Å². The van der Waals surface area contributed by atoms with Gasteiger partial charge in [0, 0.05) is 18.0 Å². The predicted octanol–water partition coefficient (Wildman–Crippen LogP) is 2.54. The van der Waals surface area contributed by atoms with Crippen LogP contribution in [0.2, 0.25) is 0 Å². The number of aromatic nitrogens is 1. The van der Waals surface area contributed by atoms with Crippen molar-refractivity contribution in [3.63, 3.8) is 0 Å². The normalized spacial score (nSPS) is 21.2. The minimum absolute atomic E-state index is 0.192. The molecule has 0 saturated carbocycles. The van der Waals surface area contributed by atoms with Crippen LogP contribution in [0.25, 0.3) is 0 Å². The summed E-state index contributed by atoms with van der Waals surface area (Å²) in [5, 5.41) is 2.86. The number of nitrogens with one attached hydrogen (secondary N) is 1. The van der Waals surface area contributed by atoms with Crippen molar-refractivity contribution in [1.82, 2.24) is 10.3 Å². The third kappa shape index (κ3) is 4.04. The van der Waals surface area contributed by atoms with Crippen molar-refractivity contribution in [3.8, 4) is 17.4 Å². The van der Waals surface area contributed by atoms with Crippen molar-refractivity contribution in [2.75, 3.05) is 24.7 Å². The lowest BCUT2D eigenvalue weighted by molar-refractivity contribution is 0.0789. The van der Waals surface area contributed by atoms with Crippen LogP contribution < -0.4 is 19.5 Å². The summed E-state index contributed by atoms with van der Waals surface area (Å²) in [6, 6.07) is 11.0. The van der Waals surface area contributed by atoms with Crippen molar-refractivity contribution < 1.29 is 19.0 Å². The summed E-state index contributed by atoms with van der Waals surface area (Å²) < 4.78 is 17.3. The Bertz CT molecular complexity index is 762. The second-order valence-corrected chi connectivity index (χ2v) is 7.35. The average Bonchev–Trinajstić information content (AvgIpc) is 3.19. The number of carbonyl (C=O) groups is 1. The second-order valence-electron chi connectivity index (χ2n) is 6.20. The highest BCUT2D eigenvalue weighted by molar-refractivity contribution is 7.99. The highest BCUT2D eigenvalue weighted by atomic mass is 32.2. The molecule has 1 saturated heterocycles. The van der Waals surface area contributed by atoms with E-state index in [0.29, 0.717) is 30.3 Å². The van der Waals surface area contributed by atoms with Gasteiger partial charge in [-0.25, -0.2) is 4.98 Å². The van der Waals surface area contributed by atoms with Crippen LogP contribution in [-0.2, 0) is 0 Å². The summed E-state index contributed by atoms with van der Waals surface area (Å²) in [4.78, 5) is 16.5. The lowest BCUT2D eigenvalue weighted by Crippen LogP contribution is -2.40. The Labute approximate surface area is 156 Å². The molecule has 1 aromatic carbocycles. The van der Waals surface area contributed by atoms with Crippen LogP contribution in [0.4, 0.5) is 0 Å². The van der Waals surface area contributed by atoms with E-state index in [1.54, 1.807) is 18.3 Å². The molecule has 1 N–H and O–H groups in total. The number of pyridine rings is 1. The third-order valence-corrected chi connectivity index (χ3v) is 5.36. The van der Waals surface area contributed by atoms with Crippen molar-refractivity contribution in [2.24, 2.45) is 0 Å². The zero-order valence-electron chi connectivity index (χ0n) is 14.2. The van der Waals surface area contributed by atoms with Crippen LogP contribution in [0.5, 0.6) is 17.4 Å². The number of benzene rings is 1. The van der Waals surface area contributed by atoms with Crippen LogP contribution >= 0.6 is 11.8 Å². The molecule has 2 aromatic rings. The first-order chi connectivity index (χ1) is 12.8. The first-order valence-electron chi connectivity index (χ1n) is 8.65. The first kappa shape index (κ1) is 17.0. The number of fused-ring (bicyclic) bond motifs is 1. The van der Waals surface area contributed by atoms with Gasteiger partial charge in [0.1, 0.15) is 18.8 Å². The van der Waals surface area contributed by atoms with Gasteiger partial charge in [0.05, 0.1) is 12.1 Å². The van der Waals surface area contributed by atoms with Gasteiger partial charge in [-0.3, -0.25) is 4.79 Å². The molecule has 2 aliphatic rings. The van der Waals surface area contributed by atoms with Crippen molar-refractivity contribution in [2.45, 2.75) is 18.6 Å². The first-order valence-corrected chi connectivity index (χ1v) is 9.80. The maximum Gasteiger partial charge on any atom is 0.252 e. The average molecular weight is 372 g/mol. The van der Waals surface area contributed by atoms with Crippen molar-refractivity contribution in [3.05, 3.63) is 48.2 Å². The fourth-order valence-corrected chi connectivity index (χ4v) is 3.93. The quantitative estimate of drug-likeness (QED) is 0.870. The zero-order valence-corrected chi connectivity index (χ0v) is 15.0. The predicted molar refractivity (Wildman–Crippen MR) is 99.3 cm³/mol. The van der Waals surface area contributed by atoms with Gasteiger partial charge in [0.25, 0.3) is 5.91 Å². The van der Waals surface area contributed by atoms with Gasteiger partial charge < -0.3 is 19.5 Å². The highest BCUT2D eigenvalue weighted by Crippen LogP contribution is 2.30. The lowest BCUT2D eigenvalue weighted by Gasteiger charge is -2.26. The Morgan fingerprint density at radius 3 is 2.92 bits per heavy atom. The summed E-state index contributed by atoms with van der Waals surface area (Å²) in [5.74, 6) is 3.93. The van der Waals surface area contributed by atoms with E-state index in [9.17, 15) is 4.79 Å². The lowest BCUT2D eigenvalue weighted by atomic mass is 10.2. The summed E-state index contributed by atoms with van der Waals surface area (Å²) in [7, 11) is 0. The monoisotopic (exact) mass is 372 g/mol. The van der Waals surface area contributed by atoms with E-state index >= 15 is 0 Å². The topological polar surface area (TPSA) is 69.7 Å². The molecule has 7 heteroatoms. The summed E-state index contributed by atoms with van der Waals surface area (Å²) in [5.41, 5.74) is 0.496. The van der Waals surface area contributed by atoms with E-state index < -0.39 is 0 Å². The van der Waals surface area contributed by atoms with Crippen LogP contribution in [0, 0.1) is 0 Å². The van der Waals surface area contributed by atoms with Crippen LogP contribution in [-0.4, -0.2) is 47.8 Å². The molecule has 0 bridgehead atoms. The zero-order chi connectivity index (χ0) is 17.8. The van der Waals surface area contributed by atoms with Gasteiger partial charge in [-0.2, -0.15) is 11.8 Å². The third-order valence-electron chi connectivity index (χ3n) is 4.23. The minimum Gasteiger partial charge on any atom is -0.486 e. The molecule has 1 aromatic heterocycles. The summed E-state index contributed by atoms with van der Waals surface area (Å²) >= 11 is 1.89. The Morgan fingerprint density at radius 1 is 1.27 bits per heavy atom. The Kier molecular flexibility index (Phi) is 5.15. The number of nitrogens with zero attached hydrogens (tertiary/aromatic N) is 1. The van der Waals surface area contributed by atoms with E-state index in [1.165, 1.54) is 0 Å². The molecule has 1 amide bonds. The molecule has 6 nitrogen and oxygen atoms in total. The molecule has 0 radical (unpaired) electrons. The van der Waals surface area contributed by atoms with Crippen molar-refractivity contribution >= 4 is 17.7 Å². The molecule has 0 aliphatic carbocycles. The fraction of sp³-hybridized carbons (Fsp3) is 0.368. The fourth-order valence-electron chi connectivity index (χ4n) is 2.83. The molecular formula is C19H20N2O4S.